The second-order valence-electron chi connectivity index (χ2n) is 16.2. The number of carboxylic acid groups (broad SMARTS) is 1. The summed E-state index contributed by atoms with van der Waals surface area (Å²) in [6.07, 6.45) is 45.2. The van der Waals surface area contributed by atoms with Gasteiger partial charge in [-0.15, -0.1) is 0 Å². The van der Waals surface area contributed by atoms with Crippen molar-refractivity contribution in [3.05, 3.63) is 24.3 Å². The van der Waals surface area contributed by atoms with Crippen LogP contribution in [0.2, 0.25) is 0 Å². The van der Waals surface area contributed by atoms with Crippen LogP contribution in [0.1, 0.15) is 226 Å². The van der Waals surface area contributed by atoms with Crippen molar-refractivity contribution in [2.75, 3.05) is 19.8 Å². The summed E-state index contributed by atoms with van der Waals surface area (Å²) in [4.78, 5) is 46.0. The fourth-order valence-electron chi connectivity index (χ4n) is 6.64. The standard InChI is InChI=1S/C47H88NO10P/c1-3-5-7-9-11-13-15-17-19-20-21-22-23-24-25-27-29-31-33-35-37-39-46(50)58-43(41-56-59(53,54)57-42-44(48)47(51)52)40-55-45(49)38-36-34-32-30-28-26-18-16-14-12-10-8-6-4-2/h16-19,43-44H,3-15,20-42,48H2,1-2H3,(H,51,52)(H,53,54)/b18-16+,19-17+/t43-,44-/m0/s1. The smallest absolute Gasteiger partial charge is 0.472 e. The highest BCUT2D eigenvalue weighted by Crippen LogP contribution is 2.43. The lowest BCUT2D eigenvalue weighted by Gasteiger charge is -2.20. The number of phosphoric acid groups is 1. The Hall–Kier alpha value is -2.04. The van der Waals surface area contributed by atoms with Gasteiger partial charge in [-0.1, -0.05) is 173 Å². The highest BCUT2D eigenvalue weighted by molar-refractivity contribution is 7.47. The van der Waals surface area contributed by atoms with E-state index in [1.54, 1.807) is 0 Å². The van der Waals surface area contributed by atoms with Crippen LogP contribution in [0, 0.1) is 0 Å². The Morgan fingerprint density at radius 3 is 1.24 bits per heavy atom. The summed E-state index contributed by atoms with van der Waals surface area (Å²) < 4.78 is 32.8. The van der Waals surface area contributed by atoms with Crippen LogP contribution < -0.4 is 5.73 Å². The molecule has 4 N–H and O–H groups in total. The maximum Gasteiger partial charge on any atom is 0.472 e. The summed E-state index contributed by atoms with van der Waals surface area (Å²) in [7, 11) is -4.72. The lowest BCUT2D eigenvalue weighted by Crippen LogP contribution is -2.34. The van der Waals surface area contributed by atoms with Gasteiger partial charge in [0.05, 0.1) is 13.2 Å². The highest BCUT2D eigenvalue weighted by Gasteiger charge is 2.28. The number of carboxylic acids is 1. The van der Waals surface area contributed by atoms with Crippen molar-refractivity contribution in [2.45, 2.75) is 238 Å². The van der Waals surface area contributed by atoms with E-state index in [4.69, 9.17) is 24.8 Å². The van der Waals surface area contributed by atoms with Crippen molar-refractivity contribution in [2.24, 2.45) is 5.73 Å². The van der Waals surface area contributed by atoms with Crippen LogP contribution in [-0.4, -0.2) is 59.9 Å². The molecule has 0 saturated heterocycles. The summed E-state index contributed by atoms with van der Waals surface area (Å²) in [6.45, 7) is 2.81. The van der Waals surface area contributed by atoms with Gasteiger partial charge < -0.3 is 25.2 Å². The number of nitrogens with two attached hydrogens (primary N) is 1. The molecule has 0 aromatic heterocycles. The maximum absolute atomic E-state index is 12.7. The molecule has 0 aliphatic carbocycles. The molecule has 59 heavy (non-hydrogen) atoms. The van der Waals surface area contributed by atoms with E-state index < -0.39 is 51.1 Å². The van der Waals surface area contributed by atoms with Gasteiger partial charge in [-0.2, -0.15) is 0 Å². The number of hydrogen-bond acceptors (Lipinski definition) is 9. The van der Waals surface area contributed by atoms with Crippen LogP contribution in [0.4, 0.5) is 0 Å². The number of esters is 2. The Morgan fingerprint density at radius 2 is 0.847 bits per heavy atom. The molecule has 346 valence electrons. The van der Waals surface area contributed by atoms with E-state index in [-0.39, 0.29) is 19.4 Å². The van der Waals surface area contributed by atoms with Crippen molar-refractivity contribution >= 4 is 25.7 Å². The predicted molar refractivity (Wildman–Crippen MR) is 240 cm³/mol. The third-order valence-electron chi connectivity index (χ3n) is 10.4. The number of ether oxygens (including phenoxy) is 2. The van der Waals surface area contributed by atoms with E-state index in [0.717, 1.165) is 57.8 Å². The van der Waals surface area contributed by atoms with Gasteiger partial charge in [0.15, 0.2) is 6.10 Å². The topological polar surface area (TPSA) is 172 Å². The molecule has 0 aliphatic rings. The molecule has 0 spiro atoms. The van der Waals surface area contributed by atoms with Crippen molar-refractivity contribution in [3.8, 4) is 0 Å². The average molecular weight is 858 g/mol. The molecular formula is C47H88NO10P. The van der Waals surface area contributed by atoms with E-state index in [0.29, 0.717) is 12.8 Å². The summed E-state index contributed by atoms with van der Waals surface area (Å²) in [6, 6.07) is -1.52. The summed E-state index contributed by atoms with van der Waals surface area (Å²) in [5.74, 6) is -2.38. The number of rotatable bonds is 45. The first kappa shape index (κ1) is 57.0. The molecule has 0 fully saturated rings. The van der Waals surface area contributed by atoms with E-state index in [1.165, 1.54) is 128 Å². The molecule has 11 nitrogen and oxygen atoms in total. The first-order valence-electron chi connectivity index (χ1n) is 23.9. The maximum atomic E-state index is 12.7. The number of phosphoric ester groups is 1. The molecule has 1 unspecified atom stereocenters. The molecule has 0 saturated carbocycles. The van der Waals surface area contributed by atoms with Gasteiger partial charge in [0.1, 0.15) is 12.6 Å². The fraction of sp³-hybridized carbons (Fsp3) is 0.851. The lowest BCUT2D eigenvalue weighted by atomic mass is 10.0. The summed E-state index contributed by atoms with van der Waals surface area (Å²) >= 11 is 0. The van der Waals surface area contributed by atoms with E-state index in [2.05, 4.69) is 42.7 Å². The Bertz CT molecular complexity index is 1100. The molecule has 0 aromatic rings. The van der Waals surface area contributed by atoms with Crippen LogP contribution >= 0.6 is 7.82 Å². The van der Waals surface area contributed by atoms with Crippen molar-refractivity contribution < 1.29 is 47.5 Å². The molecule has 0 aromatic carbocycles. The van der Waals surface area contributed by atoms with E-state index in [1.807, 2.05) is 0 Å². The Kier molecular flexibility index (Phi) is 41.2. The third-order valence-corrected chi connectivity index (χ3v) is 11.4. The monoisotopic (exact) mass is 858 g/mol. The zero-order valence-corrected chi connectivity index (χ0v) is 38.5. The van der Waals surface area contributed by atoms with Crippen LogP contribution in [-0.2, 0) is 37.5 Å². The SMILES string of the molecule is CCCCCCC/C=C/CCCCCCCC(=O)OC[C@@H](COP(=O)(O)OC[C@H](N)C(=O)O)OC(=O)CCCCCCCCCCCCC/C=C/CCCCCCCC. The van der Waals surface area contributed by atoms with Gasteiger partial charge >= 0.3 is 25.7 Å². The number of carbonyl (C=O) groups is 3. The van der Waals surface area contributed by atoms with Gasteiger partial charge in [-0.05, 0) is 64.2 Å². The van der Waals surface area contributed by atoms with E-state index >= 15 is 0 Å². The average Bonchev–Trinajstić information content (AvgIpc) is 3.21. The highest BCUT2D eigenvalue weighted by atomic mass is 31.2. The Balaban J connectivity index is 4.26. The van der Waals surface area contributed by atoms with Gasteiger partial charge in [0, 0.05) is 12.8 Å². The summed E-state index contributed by atoms with van der Waals surface area (Å²) in [5, 5.41) is 8.90. The molecule has 12 heteroatoms. The Labute approximate surface area is 360 Å². The van der Waals surface area contributed by atoms with Gasteiger partial charge in [-0.3, -0.25) is 23.4 Å². The summed E-state index contributed by atoms with van der Waals surface area (Å²) in [5.41, 5.74) is 5.34. The lowest BCUT2D eigenvalue weighted by molar-refractivity contribution is -0.161. The molecule has 0 aliphatic heterocycles. The van der Waals surface area contributed by atoms with Gasteiger partial charge in [0.2, 0.25) is 0 Å². The van der Waals surface area contributed by atoms with Crippen LogP contribution in [0.5, 0.6) is 0 Å². The zero-order chi connectivity index (χ0) is 43.5. The van der Waals surface area contributed by atoms with E-state index in [9.17, 15) is 23.8 Å². The number of hydrogen-bond donors (Lipinski definition) is 3. The molecule has 0 bridgehead atoms. The second kappa shape index (κ2) is 42.6. The normalized spacial score (nSPS) is 13.8. The number of allylic oxidation sites excluding steroid dienone is 4. The minimum atomic E-state index is -4.72. The van der Waals surface area contributed by atoms with Crippen molar-refractivity contribution in [1.29, 1.82) is 0 Å². The van der Waals surface area contributed by atoms with Crippen molar-refractivity contribution in [1.82, 2.24) is 0 Å². The largest absolute Gasteiger partial charge is 0.480 e. The van der Waals surface area contributed by atoms with Crippen LogP contribution in [0.15, 0.2) is 24.3 Å². The first-order chi connectivity index (χ1) is 28.6. The third kappa shape index (κ3) is 42.4. The fourth-order valence-corrected chi connectivity index (χ4v) is 7.42. The number of aliphatic carboxylic acids is 1. The molecule has 3 atom stereocenters. The zero-order valence-electron chi connectivity index (χ0n) is 37.6. The molecule has 0 heterocycles. The number of carbonyl (C=O) groups excluding carboxylic acids is 2. The minimum absolute atomic E-state index is 0.161. The number of unbranched alkanes of at least 4 members (excludes halogenated alkanes) is 27. The van der Waals surface area contributed by atoms with Gasteiger partial charge in [0.25, 0.3) is 0 Å². The molecular weight excluding hydrogens is 769 g/mol. The quantitative estimate of drug-likeness (QED) is 0.0230. The predicted octanol–water partition coefficient (Wildman–Crippen LogP) is 13.0. The minimum Gasteiger partial charge on any atom is -0.480 e. The van der Waals surface area contributed by atoms with Crippen molar-refractivity contribution in [3.63, 3.8) is 0 Å². The Morgan fingerprint density at radius 1 is 0.508 bits per heavy atom. The van der Waals surface area contributed by atoms with Crippen LogP contribution in [0.3, 0.4) is 0 Å². The molecule has 0 radical (unpaired) electrons. The molecule has 0 rings (SSSR count). The van der Waals surface area contributed by atoms with Crippen LogP contribution in [0.25, 0.3) is 0 Å². The molecule has 0 amide bonds. The second-order valence-corrected chi connectivity index (χ2v) is 17.7. The van der Waals surface area contributed by atoms with Gasteiger partial charge in [-0.25, -0.2) is 4.57 Å². The first-order valence-corrected chi connectivity index (χ1v) is 25.4.